The zero-order valence-electron chi connectivity index (χ0n) is 14.1. The van der Waals surface area contributed by atoms with Crippen LogP contribution in [0.2, 0.25) is 0 Å². The van der Waals surface area contributed by atoms with Gasteiger partial charge in [0, 0.05) is 11.8 Å². The van der Waals surface area contributed by atoms with Crippen molar-refractivity contribution in [1.29, 1.82) is 0 Å². The number of carbonyl (C=O) groups is 3. The lowest BCUT2D eigenvalue weighted by Crippen LogP contribution is -2.33. The first-order valence-electron chi connectivity index (χ1n) is 8.27. The van der Waals surface area contributed by atoms with Gasteiger partial charge >= 0.3 is 5.97 Å². The van der Waals surface area contributed by atoms with Crippen LogP contribution in [-0.4, -0.2) is 27.8 Å². The fourth-order valence-corrected chi connectivity index (χ4v) is 3.64. The zero-order valence-corrected chi connectivity index (χ0v) is 14.9. The molecular weight excluding hydrogens is 364 g/mol. The van der Waals surface area contributed by atoms with Crippen LogP contribution in [0.15, 0.2) is 60.0 Å². The van der Waals surface area contributed by atoms with Crippen LogP contribution in [0, 0.1) is 0 Å². The molecule has 0 radical (unpaired) electrons. The normalized spacial score (nSPS) is 13.0. The van der Waals surface area contributed by atoms with Crippen LogP contribution in [-0.2, 0) is 22.5 Å². The predicted molar refractivity (Wildman–Crippen MR) is 98.1 cm³/mol. The Morgan fingerprint density at radius 2 is 1.59 bits per heavy atom. The van der Waals surface area contributed by atoms with Crippen molar-refractivity contribution in [1.82, 2.24) is 10.0 Å². The third kappa shape index (κ3) is 3.50. The minimum absolute atomic E-state index is 0.112. The van der Waals surface area contributed by atoms with Gasteiger partial charge in [-0.2, -0.15) is 0 Å². The van der Waals surface area contributed by atoms with Gasteiger partial charge < -0.3 is 4.84 Å². The minimum Gasteiger partial charge on any atom is -0.329 e. The standard InChI is InChI=1S/C20H14N2O4S/c23-18(26-22-19(24)15-8-4-5-9-16(15)20(22)25)11-14-12-27-17(21-14)10-13-6-2-1-3-7-13/h1-9,12H,10-11H2. The number of aromatic nitrogens is 1. The number of carbonyl (C=O) groups excluding carboxylic acids is 3. The number of imide groups is 1. The number of hydrogen-bond acceptors (Lipinski definition) is 6. The second kappa shape index (κ2) is 7.13. The minimum atomic E-state index is -0.707. The van der Waals surface area contributed by atoms with Crippen LogP contribution < -0.4 is 0 Å². The van der Waals surface area contributed by atoms with Gasteiger partial charge in [0.2, 0.25) is 0 Å². The second-order valence-electron chi connectivity index (χ2n) is 5.99. The summed E-state index contributed by atoms with van der Waals surface area (Å²) < 4.78 is 0. The molecule has 27 heavy (non-hydrogen) atoms. The summed E-state index contributed by atoms with van der Waals surface area (Å²) in [4.78, 5) is 46.0. The maximum atomic E-state index is 12.2. The van der Waals surface area contributed by atoms with Crippen molar-refractivity contribution >= 4 is 29.1 Å². The summed E-state index contributed by atoms with van der Waals surface area (Å²) in [6.07, 6.45) is 0.567. The summed E-state index contributed by atoms with van der Waals surface area (Å²) in [5.74, 6) is -1.97. The van der Waals surface area contributed by atoms with Crippen LogP contribution in [0.25, 0.3) is 0 Å². The van der Waals surface area contributed by atoms with Crippen molar-refractivity contribution in [2.75, 3.05) is 0 Å². The van der Waals surface area contributed by atoms with Crippen molar-refractivity contribution in [3.63, 3.8) is 0 Å². The Morgan fingerprint density at radius 1 is 0.963 bits per heavy atom. The number of fused-ring (bicyclic) bond motifs is 1. The summed E-state index contributed by atoms with van der Waals surface area (Å²) in [6.45, 7) is 0. The maximum absolute atomic E-state index is 12.2. The molecule has 1 aliphatic heterocycles. The first-order chi connectivity index (χ1) is 13.1. The Bertz CT molecular complexity index is 994. The Balaban J connectivity index is 1.39. The predicted octanol–water partition coefficient (Wildman–Crippen LogP) is 3.03. The number of amides is 2. The molecule has 3 aromatic rings. The van der Waals surface area contributed by atoms with E-state index < -0.39 is 17.8 Å². The summed E-state index contributed by atoms with van der Waals surface area (Å²) in [6, 6.07) is 16.3. The van der Waals surface area contributed by atoms with E-state index in [0.717, 1.165) is 10.6 Å². The van der Waals surface area contributed by atoms with E-state index in [-0.39, 0.29) is 17.5 Å². The molecule has 0 N–H and O–H groups in total. The maximum Gasteiger partial charge on any atom is 0.339 e. The smallest absolute Gasteiger partial charge is 0.329 e. The number of nitrogens with zero attached hydrogens (tertiary/aromatic N) is 2. The van der Waals surface area contributed by atoms with E-state index in [1.165, 1.54) is 23.5 Å². The molecule has 1 aliphatic rings. The van der Waals surface area contributed by atoms with Gasteiger partial charge in [-0.25, -0.2) is 9.78 Å². The molecule has 0 spiro atoms. The molecule has 1 aromatic heterocycles. The molecule has 0 unspecified atom stereocenters. The lowest BCUT2D eigenvalue weighted by molar-refractivity contribution is -0.167. The van der Waals surface area contributed by atoms with Gasteiger partial charge in [-0.1, -0.05) is 47.5 Å². The molecule has 0 atom stereocenters. The van der Waals surface area contributed by atoms with Crippen LogP contribution in [0.5, 0.6) is 0 Å². The van der Waals surface area contributed by atoms with Crippen LogP contribution >= 0.6 is 11.3 Å². The van der Waals surface area contributed by atoms with Gasteiger partial charge in [-0.3, -0.25) is 9.59 Å². The molecule has 134 valence electrons. The highest BCUT2D eigenvalue weighted by Crippen LogP contribution is 2.23. The van der Waals surface area contributed by atoms with E-state index in [1.807, 2.05) is 30.3 Å². The number of hydrogen-bond donors (Lipinski definition) is 0. The molecular formula is C20H14N2O4S. The largest absolute Gasteiger partial charge is 0.339 e. The average Bonchev–Trinajstić information content (AvgIpc) is 3.21. The Labute approximate surface area is 159 Å². The van der Waals surface area contributed by atoms with Gasteiger partial charge in [0.05, 0.1) is 28.2 Å². The summed E-state index contributed by atoms with van der Waals surface area (Å²) in [7, 11) is 0. The number of rotatable bonds is 5. The van der Waals surface area contributed by atoms with Crippen LogP contribution in [0.1, 0.15) is 37.0 Å². The fourth-order valence-electron chi connectivity index (χ4n) is 2.81. The fraction of sp³-hybridized carbons (Fsp3) is 0.100. The molecule has 0 aliphatic carbocycles. The highest BCUT2D eigenvalue weighted by molar-refractivity contribution is 7.09. The molecule has 0 fully saturated rings. The van der Waals surface area contributed by atoms with Crippen molar-refractivity contribution in [2.24, 2.45) is 0 Å². The lowest BCUT2D eigenvalue weighted by atomic mass is 10.1. The Morgan fingerprint density at radius 3 is 2.26 bits per heavy atom. The van der Waals surface area contributed by atoms with E-state index in [9.17, 15) is 14.4 Å². The van der Waals surface area contributed by atoms with E-state index >= 15 is 0 Å². The third-order valence-corrected chi connectivity index (χ3v) is 4.97. The molecule has 6 nitrogen and oxygen atoms in total. The van der Waals surface area contributed by atoms with E-state index in [0.29, 0.717) is 17.2 Å². The van der Waals surface area contributed by atoms with Gasteiger partial charge in [0.15, 0.2) is 0 Å². The van der Waals surface area contributed by atoms with E-state index in [1.54, 1.807) is 17.5 Å². The second-order valence-corrected chi connectivity index (χ2v) is 6.93. The van der Waals surface area contributed by atoms with Crippen molar-refractivity contribution < 1.29 is 19.2 Å². The summed E-state index contributed by atoms with van der Waals surface area (Å²) in [5.41, 5.74) is 2.14. The topological polar surface area (TPSA) is 76.6 Å². The van der Waals surface area contributed by atoms with Gasteiger partial charge in [-0.05, 0) is 17.7 Å². The first-order valence-corrected chi connectivity index (χ1v) is 9.15. The Hall–Kier alpha value is -3.32. The lowest BCUT2D eigenvalue weighted by Gasteiger charge is -2.12. The average molecular weight is 378 g/mol. The number of thiazole rings is 1. The number of benzene rings is 2. The molecule has 2 heterocycles. The molecule has 2 amide bonds. The zero-order chi connectivity index (χ0) is 18.8. The molecule has 0 saturated carbocycles. The molecule has 0 saturated heterocycles. The third-order valence-electron chi connectivity index (χ3n) is 4.07. The van der Waals surface area contributed by atoms with Gasteiger partial charge in [0.1, 0.15) is 0 Å². The molecule has 7 heteroatoms. The molecule has 0 bridgehead atoms. The summed E-state index contributed by atoms with van der Waals surface area (Å²) in [5, 5.41) is 3.18. The van der Waals surface area contributed by atoms with Crippen LogP contribution in [0.4, 0.5) is 0 Å². The molecule has 4 rings (SSSR count). The molecule has 2 aromatic carbocycles. The van der Waals surface area contributed by atoms with Crippen LogP contribution in [0.3, 0.4) is 0 Å². The Kier molecular flexibility index (Phi) is 4.52. The monoisotopic (exact) mass is 378 g/mol. The highest BCUT2D eigenvalue weighted by Gasteiger charge is 2.38. The van der Waals surface area contributed by atoms with E-state index in [4.69, 9.17) is 4.84 Å². The number of hydroxylamine groups is 2. The highest BCUT2D eigenvalue weighted by atomic mass is 32.1. The van der Waals surface area contributed by atoms with Gasteiger partial charge in [-0.15, -0.1) is 11.3 Å². The van der Waals surface area contributed by atoms with Crippen molar-refractivity contribution in [3.8, 4) is 0 Å². The van der Waals surface area contributed by atoms with E-state index in [2.05, 4.69) is 4.98 Å². The van der Waals surface area contributed by atoms with Crippen molar-refractivity contribution in [3.05, 3.63) is 87.4 Å². The SMILES string of the molecule is O=C(Cc1csc(Cc2ccccc2)n1)ON1C(=O)c2ccccc2C1=O. The van der Waals surface area contributed by atoms with Crippen molar-refractivity contribution in [2.45, 2.75) is 12.8 Å². The first kappa shape index (κ1) is 17.1. The van der Waals surface area contributed by atoms with Gasteiger partial charge in [0.25, 0.3) is 11.8 Å². The summed E-state index contributed by atoms with van der Waals surface area (Å²) >= 11 is 1.45. The quantitative estimate of drug-likeness (QED) is 0.638.